The van der Waals surface area contributed by atoms with Gasteiger partial charge in [-0.3, -0.25) is 19.6 Å². The summed E-state index contributed by atoms with van der Waals surface area (Å²) in [6, 6.07) is 6.90. The lowest BCUT2D eigenvalue weighted by atomic mass is 10.1. The molecule has 2 aromatic carbocycles. The Bertz CT molecular complexity index is 984. The number of non-ortho nitro benzene ring substituents is 1. The second kappa shape index (κ2) is 6.52. The molecule has 0 aliphatic heterocycles. The number of nitrogens with zero attached hydrogens (tertiary/aromatic N) is 1. The molecule has 0 fully saturated rings. The lowest BCUT2D eigenvalue weighted by Crippen LogP contribution is -2.20. The van der Waals surface area contributed by atoms with Gasteiger partial charge in [0.25, 0.3) is 21.6 Å². The fraction of sp³-hybridized carbons (Fsp3) is 0.188. The molecule has 25 heavy (non-hydrogen) atoms. The third kappa shape index (κ3) is 3.61. The molecule has 3 N–H and O–H groups in total. The van der Waals surface area contributed by atoms with E-state index in [-0.39, 0.29) is 21.8 Å². The van der Waals surface area contributed by atoms with Crippen molar-refractivity contribution in [1.82, 2.24) is 0 Å². The molecular formula is C16H17N3O5S. The highest BCUT2D eigenvalue weighted by Gasteiger charge is 2.24. The number of amides is 1. The van der Waals surface area contributed by atoms with E-state index in [0.717, 1.165) is 6.07 Å². The van der Waals surface area contributed by atoms with E-state index in [2.05, 4.69) is 4.72 Å². The van der Waals surface area contributed by atoms with E-state index in [0.29, 0.717) is 16.7 Å². The van der Waals surface area contributed by atoms with E-state index >= 15 is 0 Å². The highest BCUT2D eigenvalue weighted by Crippen LogP contribution is 2.29. The molecule has 132 valence electrons. The fourth-order valence-corrected chi connectivity index (χ4v) is 3.88. The zero-order chi connectivity index (χ0) is 18.9. The van der Waals surface area contributed by atoms with Gasteiger partial charge in [0.2, 0.25) is 0 Å². The van der Waals surface area contributed by atoms with Crippen molar-refractivity contribution < 1.29 is 18.1 Å². The van der Waals surface area contributed by atoms with Crippen LogP contribution in [0.1, 0.15) is 27.0 Å². The summed E-state index contributed by atoms with van der Waals surface area (Å²) in [5, 5.41) is 11.0. The molecule has 0 aromatic heterocycles. The quantitative estimate of drug-likeness (QED) is 0.622. The number of anilines is 1. The maximum Gasteiger partial charge on any atom is 0.271 e. The van der Waals surface area contributed by atoms with E-state index in [4.69, 9.17) is 5.73 Å². The third-order valence-electron chi connectivity index (χ3n) is 3.88. The number of nitro groups is 1. The van der Waals surface area contributed by atoms with Gasteiger partial charge >= 0.3 is 0 Å². The summed E-state index contributed by atoms with van der Waals surface area (Å²) in [5.74, 6) is -0.784. The van der Waals surface area contributed by atoms with Crippen LogP contribution in [0.2, 0.25) is 0 Å². The predicted molar refractivity (Wildman–Crippen MR) is 93.1 cm³/mol. The van der Waals surface area contributed by atoms with Crippen molar-refractivity contribution in [3.05, 3.63) is 62.7 Å². The number of rotatable bonds is 5. The van der Waals surface area contributed by atoms with Crippen LogP contribution < -0.4 is 10.5 Å². The van der Waals surface area contributed by atoms with Gasteiger partial charge in [-0.1, -0.05) is 12.1 Å². The maximum absolute atomic E-state index is 12.8. The number of hydrogen-bond acceptors (Lipinski definition) is 5. The van der Waals surface area contributed by atoms with E-state index in [1.54, 1.807) is 32.9 Å². The minimum Gasteiger partial charge on any atom is -0.366 e. The smallest absolute Gasteiger partial charge is 0.271 e. The van der Waals surface area contributed by atoms with Crippen LogP contribution in [-0.2, 0) is 10.0 Å². The Kier molecular flexibility index (Phi) is 4.80. The fourth-order valence-electron chi connectivity index (χ4n) is 2.39. The highest BCUT2D eigenvalue weighted by molar-refractivity contribution is 7.92. The van der Waals surface area contributed by atoms with Gasteiger partial charge in [0.1, 0.15) is 0 Å². The topological polar surface area (TPSA) is 132 Å². The van der Waals surface area contributed by atoms with Crippen molar-refractivity contribution in [3.63, 3.8) is 0 Å². The Hall–Kier alpha value is -2.94. The molecule has 0 heterocycles. The van der Waals surface area contributed by atoms with Gasteiger partial charge in [-0.15, -0.1) is 0 Å². The molecule has 0 atom stereocenters. The van der Waals surface area contributed by atoms with Crippen molar-refractivity contribution in [3.8, 4) is 0 Å². The van der Waals surface area contributed by atoms with Crippen LogP contribution in [0.25, 0.3) is 0 Å². The number of sulfonamides is 1. The summed E-state index contributed by atoms with van der Waals surface area (Å²) in [4.78, 5) is 21.7. The summed E-state index contributed by atoms with van der Waals surface area (Å²) < 4.78 is 27.9. The Labute approximate surface area is 144 Å². The number of hydrogen-bond donors (Lipinski definition) is 2. The second-order valence-electron chi connectivity index (χ2n) is 5.61. The average Bonchev–Trinajstić information content (AvgIpc) is 2.50. The maximum atomic E-state index is 12.8. The van der Waals surface area contributed by atoms with Gasteiger partial charge in [0.05, 0.1) is 21.1 Å². The van der Waals surface area contributed by atoms with E-state index in [9.17, 15) is 23.3 Å². The van der Waals surface area contributed by atoms with Crippen LogP contribution in [0.3, 0.4) is 0 Å². The van der Waals surface area contributed by atoms with Gasteiger partial charge in [-0.2, -0.15) is 0 Å². The van der Waals surface area contributed by atoms with E-state index < -0.39 is 20.9 Å². The van der Waals surface area contributed by atoms with E-state index in [1.165, 1.54) is 12.1 Å². The number of nitrogens with two attached hydrogens (primary N) is 1. The van der Waals surface area contributed by atoms with Crippen LogP contribution in [0.4, 0.5) is 11.4 Å². The monoisotopic (exact) mass is 363 g/mol. The van der Waals surface area contributed by atoms with Crippen LogP contribution in [0.5, 0.6) is 0 Å². The summed E-state index contributed by atoms with van der Waals surface area (Å²) in [6.45, 7) is 4.76. The molecule has 0 aliphatic carbocycles. The van der Waals surface area contributed by atoms with Crippen molar-refractivity contribution >= 4 is 27.3 Å². The molecule has 0 radical (unpaired) electrons. The van der Waals surface area contributed by atoms with Gasteiger partial charge < -0.3 is 5.73 Å². The first kappa shape index (κ1) is 18.4. The minimum atomic E-state index is -4.16. The van der Waals surface area contributed by atoms with Crippen LogP contribution in [0, 0.1) is 30.9 Å². The summed E-state index contributed by atoms with van der Waals surface area (Å²) in [6.07, 6.45) is 0. The summed E-state index contributed by atoms with van der Waals surface area (Å²) in [5.41, 5.74) is 6.39. The van der Waals surface area contributed by atoms with Crippen LogP contribution in [-0.4, -0.2) is 19.2 Å². The van der Waals surface area contributed by atoms with Crippen molar-refractivity contribution in [1.29, 1.82) is 0 Å². The molecule has 0 spiro atoms. The third-order valence-corrected chi connectivity index (χ3v) is 5.36. The predicted octanol–water partition coefficient (Wildman–Crippen LogP) is 2.42. The first-order valence-corrected chi connectivity index (χ1v) is 8.71. The number of aryl methyl sites for hydroxylation is 2. The lowest BCUT2D eigenvalue weighted by molar-refractivity contribution is -0.385. The molecule has 0 saturated heterocycles. The number of benzene rings is 2. The molecule has 9 heteroatoms. The van der Waals surface area contributed by atoms with Gasteiger partial charge in [-0.25, -0.2) is 8.42 Å². The number of carbonyl (C=O) groups excluding carboxylic acids is 1. The van der Waals surface area contributed by atoms with Gasteiger partial charge in [0.15, 0.2) is 0 Å². The largest absolute Gasteiger partial charge is 0.366 e. The Morgan fingerprint density at radius 2 is 1.80 bits per heavy atom. The zero-order valence-electron chi connectivity index (χ0n) is 13.9. The molecule has 2 rings (SSSR count). The first-order valence-electron chi connectivity index (χ1n) is 7.22. The number of para-hydroxylation sites is 1. The number of primary amides is 1. The number of nitro benzene ring substituents is 1. The number of nitrogens with one attached hydrogen (secondary N) is 1. The van der Waals surface area contributed by atoms with Crippen LogP contribution in [0.15, 0.2) is 35.2 Å². The molecule has 0 bridgehead atoms. The molecule has 0 aliphatic rings. The zero-order valence-corrected chi connectivity index (χ0v) is 14.7. The first-order chi connectivity index (χ1) is 11.5. The molecule has 0 saturated carbocycles. The van der Waals surface area contributed by atoms with Crippen molar-refractivity contribution in [2.24, 2.45) is 5.73 Å². The van der Waals surface area contributed by atoms with Crippen molar-refractivity contribution in [2.45, 2.75) is 25.7 Å². The molecular weight excluding hydrogens is 346 g/mol. The summed E-state index contributed by atoms with van der Waals surface area (Å²) in [7, 11) is -4.16. The number of carbonyl (C=O) groups is 1. The van der Waals surface area contributed by atoms with Crippen molar-refractivity contribution in [2.75, 3.05) is 4.72 Å². The molecule has 2 aromatic rings. The average molecular weight is 363 g/mol. The van der Waals surface area contributed by atoms with Gasteiger partial charge in [-0.05, 0) is 43.5 Å². The van der Waals surface area contributed by atoms with E-state index in [1.807, 2.05) is 0 Å². The SMILES string of the molecule is Cc1cc([N+](=O)[O-])cc(S(=O)(=O)Nc2c(C)cccc2C(N)=O)c1C. The van der Waals surface area contributed by atoms with Gasteiger partial charge in [0, 0.05) is 12.1 Å². The molecule has 0 unspecified atom stereocenters. The summed E-state index contributed by atoms with van der Waals surface area (Å²) >= 11 is 0. The lowest BCUT2D eigenvalue weighted by Gasteiger charge is -2.15. The standard InChI is InChI=1S/C16H17N3O5S/c1-9-5-4-6-13(16(17)20)15(9)18-25(23,24)14-8-12(19(21)22)7-10(2)11(14)3/h4-8,18H,1-3H3,(H2,17,20). The van der Waals surface area contributed by atoms with Crippen LogP contribution >= 0.6 is 0 Å². The minimum absolute atomic E-state index is 0.0170. The second-order valence-corrected chi connectivity index (χ2v) is 7.26. The normalized spacial score (nSPS) is 11.2. The molecule has 8 nitrogen and oxygen atoms in total. The Morgan fingerprint density at radius 1 is 1.16 bits per heavy atom. The Morgan fingerprint density at radius 3 is 2.36 bits per heavy atom. The molecule has 1 amide bonds. The Balaban J connectivity index is 2.63. The highest BCUT2D eigenvalue weighted by atomic mass is 32.2.